The molecule has 0 amide bonds. The van der Waals surface area contributed by atoms with Gasteiger partial charge in [-0.05, 0) is 12.0 Å². The lowest BCUT2D eigenvalue weighted by molar-refractivity contribution is -0.216. The number of alkyl halides is 1. The minimum absolute atomic E-state index is 0.204. The Morgan fingerprint density at radius 3 is 2.85 bits per heavy atom. The summed E-state index contributed by atoms with van der Waals surface area (Å²) >= 11 is 0. The van der Waals surface area contributed by atoms with Gasteiger partial charge in [0.1, 0.15) is 36.0 Å². The van der Waals surface area contributed by atoms with Crippen molar-refractivity contribution in [1.82, 2.24) is 14.5 Å². The van der Waals surface area contributed by atoms with Crippen molar-refractivity contribution in [2.24, 2.45) is 11.7 Å². The van der Waals surface area contributed by atoms with Crippen molar-refractivity contribution in [1.29, 1.82) is 0 Å². The quantitative estimate of drug-likeness (QED) is 0.497. The molecule has 3 rings (SSSR count). The number of fused-ring (bicyclic) bond motifs is 1. The number of nitrogen functional groups attached to an aromatic ring is 1. The number of nitrogens with zero attached hydrogens (tertiary/aromatic N) is 3. The summed E-state index contributed by atoms with van der Waals surface area (Å²) in [5.74, 6) is -3.65. The van der Waals surface area contributed by atoms with Gasteiger partial charge in [-0.25, -0.2) is 14.4 Å². The number of carbonyl (C=O) groups is 1. The Hall–Kier alpha value is -2.34. The number of halogens is 1. The maximum absolute atomic E-state index is 15.1. The highest BCUT2D eigenvalue weighted by atomic mass is 19.2. The third kappa shape index (κ3) is 3.34. The summed E-state index contributed by atoms with van der Waals surface area (Å²) in [4.78, 5) is 19.7. The molecule has 0 radical (unpaired) electrons. The smallest absolute Gasteiger partial charge is 0.323 e. The first-order chi connectivity index (χ1) is 12.7. The number of ether oxygens (including phenoxy) is 2. The number of rotatable bonds is 5. The van der Waals surface area contributed by atoms with E-state index in [2.05, 4.69) is 9.97 Å². The lowest BCUT2D eigenvalue weighted by Crippen LogP contribution is -2.46. The molecule has 1 fully saturated rings. The van der Waals surface area contributed by atoms with Gasteiger partial charge in [0.2, 0.25) is 0 Å². The molecule has 0 spiro atoms. The summed E-state index contributed by atoms with van der Waals surface area (Å²) in [6.07, 6.45) is -2.22. The highest BCUT2D eigenvalue weighted by Crippen LogP contribution is 2.40. The summed E-state index contributed by atoms with van der Waals surface area (Å²) in [5, 5.41) is 20.9. The van der Waals surface area contributed by atoms with Crippen LogP contribution in [-0.2, 0) is 14.3 Å². The number of esters is 1. The molecule has 0 aliphatic carbocycles. The molecule has 1 aliphatic heterocycles. The number of aromatic nitrogens is 3. The fourth-order valence-electron chi connectivity index (χ4n) is 2.83. The third-order valence-electron chi connectivity index (χ3n) is 4.59. The van der Waals surface area contributed by atoms with E-state index in [-0.39, 0.29) is 11.7 Å². The summed E-state index contributed by atoms with van der Waals surface area (Å²) in [5.41, 5.74) is 11.7. The average Bonchev–Trinajstić information content (AvgIpc) is 3.15. The zero-order valence-corrected chi connectivity index (χ0v) is 14.8. The van der Waals surface area contributed by atoms with Crippen molar-refractivity contribution in [3.63, 3.8) is 0 Å². The molecule has 0 saturated carbocycles. The van der Waals surface area contributed by atoms with Crippen LogP contribution in [0.5, 0.6) is 0 Å². The molecule has 148 valence electrons. The molecule has 3 heterocycles. The molecule has 1 aliphatic rings. The van der Waals surface area contributed by atoms with Gasteiger partial charge >= 0.3 is 5.97 Å². The van der Waals surface area contributed by atoms with Gasteiger partial charge in [0.15, 0.2) is 12.8 Å². The van der Waals surface area contributed by atoms with Gasteiger partial charge in [-0.2, -0.15) is 0 Å². The second-order valence-electron chi connectivity index (χ2n) is 6.83. The van der Waals surface area contributed by atoms with Gasteiger partial charge in [-0.1, -0.05) is 13.8 Å². The molecule has 2 aromatic rings. The Labute approximate surface area is 153 Å². The molecule has 27 heavy (non-hydrogen) atoms. The lowest BCUT2D eigenvalue weighted by atomic mass is 10.1. The molecule has 10 nitrogen and oxygen atoms in total. The predicted octanol–water partition coefficient (Wildman–Crippen LogP) is -0.544. The van der Waals surface area contributed by atoms with Crippen LogP contribution in [0.4, 0.5) is 10.2 Å². The Balaban J connectivity index is 1.80. The van der Waals surface area contributed by atoms with E-state index in [9.17, 15) is 15.0 Å². The third-order valence-corrected chi connectivity index (χ3v) is 4.59. The minimum atomic E-state index is -2.81. The van der Waals surface area contributed by atoms with Gasteiger partial charge in [-0.15, -0.1) is 0 Å². The Kier molecular flexibility index (Phi) is 5.04. The first-order valence-corrected chi connectivity index (χ1v) is 8.38. The maximum atomic E-state index is 15.1. The van der Waals surface area contributed by atoms with E-state index < -0.39 is 42.9 Å². The SMILES string of the molecule is CC(C)[C@H](N)C(=O)OC[C@@]1(F)O[C@@H](n2ccc3c(N)ncnc32)[C@H](O)[C@@H]1O. The van der Waals surface area contributed by atoms with Crippen molar-refractivity contribution >= 4 is 22.8 Å². The summed E-state index contributed by atoms with van der Waals surface area (Å²) in [6, 6.07) is 0.633. The standard InChI is InChI=1S/C16H22FN5O5/c1-7(2)9(18)15(25)26-5-16(17)11(24)10(23)14(27-16)22-4-3-8-12(19)20-6-21-13(8)22/h3-4,6-7,9-11,14,23-24H,5,18H2,1-2H3,(H2,19,20,21)/t9-,10+,11-,14+,16+/m0/s1. The van der Waals surface area contributed by atoms with Crippen molar-refractivity contribution < 1.29 is 28.9 Å². The largest absolute Gasteiger partial charge is 0.458 e. The van der Waals surface area contributed by atoms with Crippen LogP contribution in [0.25, 0.3) is 11.0 Å². The average molecular weight is 383 g/mol. The van der Waals surface area contributed by atoms with Crippen LogP contribution in [-0.4, -0.2) is 61.4 Å². The molecule has 2 aromatic heterocycles. The van der Waals surface area contributed by atoms with Crippen molar-refractivity contribution in [3.8, 4) is 0 Å². The van der Waals surface area contributed by atoms with E-state index in [1.165, 1.54) is 17.1 Å². The number of aliphatic hydroxyl groups excluding tert-OH is 2. The van der Waals surface area contributed by atoms with Crippen LogP contribution >= 0.6 is 0 Å². The normalized spacial score (nSPS) is 29.4. The van der Waals surface area contributed by atoms with Gasteiger partial charge in [0.05, 0.1) is 5.39 Å². The van der Waals surface area contributed by atoms with E-state index in [0.717, 1.165) is 0 Å². The second kappa shape index (κ2) is 7.00. The molecular formula is C16H22FN5O5. The molecule has 0 unspecified atom stereocenters. The number of hydrogen-bond donors (Lipinski definition) is 4. The van der Waals surface area contributed by atoms with Crippen LogP contribution in [0.3, 0.4) is 0 Å². The number of aliphatic hydroxyl groups is 2. The van der Waals surface area contributed by atoms with Crippen molar-refractivity contribution in [3.05, 3.63) is 18.6 Å². The van der Waals surface area contributed by atoms with E-state index >= 15 is 4.39 Å². The highest BCUT2D eigenvalue weighted by molar-refractivity contribution is 5.86. The van der Waals surface area contributed by atoms with Crippen molar-refractivity contribution in [2.45, 2.75) is 44.2 Å². The molecular weight excluding hydrogens is 361 g/mol. The lowest BCUT2D eigenvalue weighted by Gasteiger charge is -2.24. The van der Waals surface area contributed by atoms with Crippen LogP contribution in [0.1, 0.15) is 20.1 Å². The van der Waals surface area contributed by atoms with Crippen LogP contribution < -0.4 is 11.5 Å². The van der Waals surface area contributed by atoms with Crippen LogP contribution in [0, 0.1) is 5.92 Å². The summed E-state index contributed by atoms with van der Waals surface area (Å²) in [6.45, 7) is 2.50. The number of carbonyl (C=O) groups excluding carboxylic acids is 1. The van der Waals surface area contributed by atoms with E-state index in [0.29, 0.717) is 11.0 Å². The van der Waals surface area contributed by atoms with E-state index in [1.807, 2.05) is 0 Å². The number of hydrogen-bond acceptors (Lipinski definition) is 9. The fraction of sp³-hybridized carbons (Fsp3) is 0.562. The van der Waals surface area contributed by atoms with Crippen molar-refractivity contribution in [2.75, 3.05) is 12.3 Å². The minimum Gasteiger partial charge on any atom is -0.458 e. The van der Waals surface area contributed by atoms with Gasteiger partial charge < -0.3 is 35.7 Å². The Morgan fingerprint density at radius 2 is 2.19 bits per heavy atom. The van der Waals surface area contributed by atoms with Crippen LogP contribution in [0.15, 0.2) is 18.6 Å². The zero-order chi connectivity index (χ0) is 19.9. The maximum Gasteiger partial charge on any atom is 0.323 e. The molecule has 5 atom stereocenters. The zero-order valence-electron chi connectivity index (χ0n) is 14.8. The molecule has 0 aromatic carbocycles. The second-order valence-corrected chi connectivity index (χ2v) is 6.83. The number of anilines is 1. The first kappa shape index (κ1) is 19.4. The topological polar surface area (TPSA) is 159 Å². The monoisotopic (exact) mass is 383 g/mol. The van der Waals surface area contributed by atoms with Gasteiger partial charge in [0, 0.05) is 6.20 Å². The summed E-state index contributed by atoms with van der Waals surface area (Å²) < 4.78 is 26.5. The molecule has 6 N–H and O–H groups in total. The molecule has 1 saturated heterocycles. The predicted molar refractivity (Wildman–Crippen MR) is 91.7 cm³/mol. The molecule has 11 heteroatoms. The summed E-state index contributed by atoms with van der Waals surface area (Å²) in [7, 11) is 0. The number of nitrogens with two attached hydrogens (primary N) is 2. The highest BCUT2D eigenvalue weighted by Gasteiger charge is 2.57. The molecule has 0 bridgehead atoms. The van der Waals surface area contributed by atoms with Crippen LogP contribution in [0.2, 0.25) is 0 Å². The van der Waals surface area contributed by atoms with Gasteiger partial charge in [-0.3, -0.25) is 4.79 Å². The first-order valence-electron chi connectivity index (χ1n) is 8.38. The Morgan fingerprint density at radius 1 is 1.48 bits per heavy atom. The van der Waals surface area contributed by atoms with E-state index in [1.54, 1.807) is 19.9 Å². The van der Waals surface area contributed by atoms with E-state index in [4.69, 9.17) is 20.9 Å². The fourth-order valence-corrected chi connectivity index (χ4v) is 2.83. The van der Waals surface area contributed by atoms with Gasteiger partial charge in [0.25, 0.3) is 5.85 Å². The Bertz CT molecular complexity index is 846.